The van der Waals surface area contributed by atoms with Crippen molar-refractivity contribution in [2.45, 2.75) is 83.3 Å². The molecule has 0 spiro atoms. The number of alkyl carbamates (subject to hydrolysis) is 1. The molecular weight excluding hydrogens is 792 g/mol. The Morgan fingerprint density at radius 2 is 1.53 bits per heavy atom. The van der Waals surface area contributed by atoms with E-state index in [0.717, 1.165) is 16.7 Å². The number of benzene rings is 3. The van der Waals surface area contributed by atoms with Crippen molar-refractivity contribution in [1.29, 1.82) is 0 Å². The van der Waals surface area contributed by atoms with E-state index in [0.29, 0.717) is 43.4 Å². The summed E-state index contributed by atoms with van der Waals surface area (Å²) in [6, 6.07) is 16.9. The number of carboxylic acid groups (broad SMARTS) is 1. The third-order valence-corrected chi connectivity index (χ3v) is 10.0. The smallest absolute Gasteiger partial charge is 0.411 e. The van der Waals surface area contributed by atoms with E-state index < -0.39 is 59.1 Å². The number of rotatable bonds is 14. The number of aromatic nitrogens is 3. The van der Waals surface area contributed by atoms with Gasteiger partial charge >= 0.3 is 29.9 Å². The molecule has 0 saturated heterocycles. The van der Waals surface area contributed by atoms with Gasteiger partial charge in [0.05, 0.1) is 12.7 Å². The van der Waals surface area contributed by atoms with Gasteiger partial charge in [-0.1, -0.05) is 30.3 Å². The van der Waals surface area contributed by atoms with Crippen molar-refractivity contribution in [1.82, 2.24) is 25.8 Å². The minimum Gasteiger partial charge on any atom is -0.477 e. The lowest BCUT2D eigenvalue weighted by atomic mass is 9.81. The SMILES string of the molecule is COC(=O)c1ccc(C)c(-c2ccc(C[C@H](NC(=O)C3CCC(CNC(=O)OC(C)(C)C)CC3)C(=O)Nc3ccc(-c4n[nH]c(C(F)(F)C(F)(F)C(=O)O)n4)cc3)cc2)c1. The highest BCUT2D eigenvalue weighted by molar-refractivity contribution is 5.98. The zero-order valence-electron chi connectivity index (χ0n) is 33.5. The highest BCUT2D eigenvalue weighted by atomic mass is 19.3. The number of esters is 1. The first kappa shape index (κ1) is 44.8. The number of hydrogen-bond donors (Lipinski definition) is 5. The van der Waals surface area contributed by atoms with Crippen LogP contribution in [-0.4, -0.2) is 81.4 Å². The maximum atomic E-state index is 14.3. The van der Waals surface area contributed by atoms with Crippen LogP contribution in [0.5, 0.6) is 0 Å². The number of hydrogen-bond acceptors (Lipinski definition) is 9. The number of H-pyrrole nitrogens is 1. The molecule has 1 saturated carbocycles. The average molecular weight is 839 g/mol. The molecule has 1 fully saturated rings. The Morgan fingerprint density at radius 3 is 2.13 bits per heavy atom. The number of halogens is 4. The predicted octanol–water partition coefficient (Wildman–Crippen LogP) is 7.04. The van der Waals surface area contributed by atoms with Crippen LogP contribution >= 0.6 is 0 Å². The number of anilines is 1. The molecule has 0 aliphatic heterocycles. The third-order valence-electron chi connectivity index (χ3n) is 10.0. The van der Waals surface area contributed by atoms with Gasteiger partial charge in [-0.15, -0.1) is 0 Å². The molecule has 18 heteroatoms. The van der Waals surface area contributed by atoms with Gasteiger partial charge in [0.1, 0.15) is 11.6 Å². The van der Waals surface area contributed by atoms with E-state index in [2.05, 4.69) is 26.0 Å². The number of carboxylic acids is 1. The number of methoxy groups -OCH3 is 1. The third kappa shape index (κ3) is 10.8. The van der Waals surface area contributed by atoms with Gasteiger partial charge in [0.2, 0.25) is 17.6 Å². The number of carbonyl (C=O) groups excluding carboxylic acids is 4. The summed E-state index contributed by atoms with van der Waals surface area (Å²) in [6.07, 6.45) is 1.97. The number of nitrogens with one attached hydrogen (secondary N) is 4. The van der Waals surface area contributed by atoms with Gasteiger partial charge in [0.15, 0.2) is 5.82 Å². The van der Waals surface area contributed by atoms with Gasteiger partial charge in [-0.05, 0) is 118 Å². The second kappa shape index (κ2) is 18.3. The van der Waals surface area contributed by atoms with Gasteiger partial charge in [0, 0.05) is 30.1 Å². The molecule has 320 valence electrons. The number of nitrogens with zero attached hydrogens (tertiary/aromatic N) is 2. The predicted molar refractivity (Wildman–Crippen MR) is 210 cm³/mol. The van der Waals surface area contributed by atoms with E-state index in [4.69, 9.17) is 14.6 Å². The zero-order chi connectivity index (χ0) is 44.0. The zero-order valence-corrected chi connectivity index (χ0v) is 33.5. The summed E-state index contributed by atoms with van der Waals surface area (Å²) in [5.41, 5.74) is 3.31. The monoisotopic (exact) mass is 838 g/mol. The number of ether oxygens (including phenoxy) is 2. The molecule has 60 heavy (non-hydrogen) atoms. The first-order valence-corrected chi connectivity index (χ1v) is 19.1. The molecule has 3 amide bonds. The molecule has 0 unspecified atom stereocenters. The minimum absolute atomic E-state index is 0.0825. The maximum absolute atomic E-state index is 14.3. The number of aliphatic carboxylic acids is 1. The molecule has 1 aromatic heterocycles. The fraction of sp³-hybridized carbons (Fsp3) is 0.405. The van der Waals surface area contributed by atoms with Crippen molar-refractivity contribution in [3.05, 3.63) is 89.2 Å². The molecule has 1 atom stereocenters. The molecule has 0 radical (unpaired) electrons. The summed E-state index contributed by atoms with van der Waals surface area (Å²) in [7, 11) is 1.30. The van der Waals surface area contributed by atoms with Gasteiger partial charge in [-0.25, -0.2) is 19.4 Å². The Hall–Kier alpha value is -6.33. The normalized spacial score (nSPS) is 16.3. The second-order valence-corrected chi connectivity index (χ2v) is 15.6. The Morgan fingerprint density at radius 1 is 0.900 bits per heavy atom. The number of amides is 3. The molecule has 5 N–H and O–H groups in total. The van der Waals surface area contributed by atoms with Crippen molar-refractivity contribution < 1.29 is 56.1 Å². The molecule has 1 heterocycles. The van der Waals surface area contributed by atoms with Crippen LogP contribution in [0.2, 0.25) is 0 Å². The number of carbonyl (C=O) groups is 5. The molecule has 1 aliphatic carbocycles. The van der Waals surface area contributed by atoms with Crippen LogP contribution in [0.15, 0.2) is 66.7 Å². The quantitative estimate of drug-likeness (QED) is 0.0648. The Bertz CT molecular complexity index is 2200. The van der Waals surface area contributed by atoms with Crippen LogP contribution in [-0.2, 0) is 36.2 Å². The van der Waals surface area contributed by atoms with Gasteiger partial charge in [0.25, 0.3) is 0 Å². The van der Waals surface area contributed by atoms with Crippen molar-refractivity contribution in [3.8, 4) is 22.5 Å². The Kier molecular flexibility index (Phi) is 13.7. The van der Waals surface area contributed by atoms with Crippen LogP contribution in [0.4, 0.5) is 28.0 Å². The highest BCUT2D eigenvalue weighted by Crippen LogP contribution is 2.42. The van der Waals surface area contributed by atoms with Crippen molar-refractivity contribution >= 4 is 35.5 Å². The fourth-order valence-corrected chi connectivity index (χ4v) is 6.65. The van der Waals surface area contributed by atoms with E-state index >= 15 is 0 Å². The molecule has 3 aromatic carbocycles. The summed E-state index contributed by atoms with van der Waals surface area (Å²) >= 11 is 0. The Balaban J connectivity index is 1.30. The van der Waals surface area contributed by atoms with Crippen molar-refractivity contribution in [2.24, 2.45) is 11.8 Å². The van der Waals surface area contributed by atoms with E-state index in [9.17, 15) is 41.5 Å². The lowest BCUT2D eigenvalue weighted by molar-refractivity contribution is -0.231. The molecular formula is C42H46F4N6O8. The Labute approximate surface area is 342 Å². The summed E-state index contributed by atoms with van der Waals surface area (Å²) in [5.74, 6) is -17.4. The molecule has 4 aromatic rings. The molecule has 1 aliphatic rings. The fourth-order valence-electron chi connectivity index (χ4n) is 6.65. The van der Waals surface area contributed by atoms with E-state index in [-0.39, 0.29) is 35.4 Å². The average Bonchev–Trinajstić information content (AvgIpc) is 3.71. The second-order valence-electron chi connectivity index (χ2n) is 15.6. The number of aryl methyl sites for hydroxylation is 1. The topological polar surface area (TPSA) is 202 Å². The first-order chi connectivity index (χ1) is 28.2. The van der Waals surface area contributed by atoms with Crippen molar-refractivity contribution in [2.75, 3.05) is 19.0 Å². The highest BCUT2D eigenvalue weighted by Gasteiger charge is 2.65. The van der Waals surface area contributed by atoms with Crippen LogP contribution in [0.3, 0.4) is 0 Å². The van der Waals surface area contributed by atoms with E-state index in [1.165, 1.54) is 31.4 Å². The summed E-state index contributed by atoms with van der Waals surface area (Å²) in [6.45, 7) is 7.63. The van der Waals surface area contributed by atoms with E-state index in [1.54, 1.807) is 38.0 Å². The van der Waals surface area contributed by atoms with Gasteiger partial charge in [-0.2, -0.15) is 22.7 Å². The van der Waals surface area contributed by atoms with Crippen LogP contribution < -0.4 is 16.0 Å². The minimum atomic E-state index is -5.46. The van der Waals surface area contributed by atoms with Crippen molar-refractivity contribution in [3.63, 3.8) is 0 Å². The molecule has 0 bridgehead atoms. The largest absolute Gasteiger partial charge is 0.477 e. The lowest BCUT2D eigenvalue weighted by Gasteiger charge is -2.29. The standard InChI is InChI=1S/C42H46F4N6O8/c1-23-6-11-29(36(55)59-5)21-31(23)26-12-7-24(8-13-26)20-32(49-34(53)28-14-9-25(10-15-28)22-47-39(58)60-40(2,3)4)35(54)48-30-18-16-27(17-19-30)33-50-37(52-51-33)41(43,44)42(45,46)38(56)57/h6-8,11-13,16-19,21,25,28,32H,9-10,14-15,20,22H2,1-5H3,(H,47,58)(H,48,54)(H,49,53)(H,56,57)(H,50,51,52)/t25?,28?,32-/m0/s1. The summed E-state index contributed by atoms with van der Waals surface area (Å²) < 4.78 is 66.1. The summed E-state index contributed by atoms with van der Waals surface area (Å²) in [4.78, 5) is 66.0. The van der Waals surface area contributed by atoms with Gasteiger partial charge in [-0.3, -0.25) is 14.7 Å². The van der Waals surface area contributed by atoms with Crippen LogP contribution in [0.25, 0.3) is 22.5 Å². The first-order valence-electron chi connectivity index (χ1n) is 19.1. The van der Waals surface area contributed by atoms with Crippen LogP contribution in [0, 0.1) is 18.8 Å². The molecule has 14 nitrogen and oxygen atoms in total. The van der Waals surface area contributed by atoms with Gasteiger partial charge < -0.3 is 30.5 Å². The maximum Gasteiger partial charge on any atom is 0.411 e. The number of aromatic amines is 1. The molecule has 5 rings (SSSR count). The van der Waals surface area contributed by atoms with Crippen LogP contribution in [0.1, 0.15) is 73.8 Å². The summed E-state index contributed by atoms with van der Waals surface area (Å²) in [5, 5.41) is 22.2. The lowest BCUT2D eigenvalue weighted by Crippen LogP contribution is -2.48. The number of alkyl halides is 4. The van der Waals surface area contributed by atoms with E-state index in [1.807, 2.05) is 37.3 Å².